The van der Waals surface area contributed by atoms with Crippen LogP contribution in [0, 0.1) is 35.5 Å². The lowest BCUT2D eigenvalue weighted by molar-refractivity contribution is -0.174. The number of benzene rings is 4. The van der Waals surface area contributed by atoms with Gasteiger partial charge in [0.1, 0.15) is 12.7 Å². The molecule has 2 aliphatic heterocycles. The normalized spacial score (nSPS) is 27.9. The molecule has 81 heavy (non-hydrogen) atoms. The molecule has 4 aromatic rings. The van der Waals surface area contributed by atoms with Crippen LogP contribution in [0.15, 0.2) is 134 Å². The van der Waals surface area contributed by atoms with Gasteiger partial charge in [0.25, 0.3) is 16.6 Å². The number of carbonyl (C=O) groups excluding carboxylic acids is 2. The zero-order chi connectivity index (χ0) is 58.3. The summed E-state index contributed by atoms with van der Waals surface area (Å²) in [6.45, 7) is 33.8. The molecule has 2 saturated heterocycles. The second kappa shape index (κ2) is 26.9. The van der Waals surface area contributed by atoms with Crippen molar-refractivity contribution in [1.82, 2.24) is 0 Å². The summed E-state index contributed by atoms with van der Waals surface area (Å²) in [5, 5.41) is 4.38. The first kappa shape index (κ1) is 63.0. The van der Waals surface area contributed by atoms with Crippen molar-refractivity contribution in [2.75, 3.05) is 6.61 Å². The van der Waals surface area contributed by atoms with Crippen LogP contribution in [0.5, 0.6) is 0 Å². The number of hydrogen-bond acceptors (Lipinski definition) is 9. The van der Waals surface area contributed by atoms with Gasteiger partial charge in [0.05, 0.1) is 55.6 Å². The molecule has 8 rings (SSSR count). The number of esters is 2. The molecule has 4 aromatic carbocycles. The maximum Gasteiger partial charge on any atom is 0.308 e. The second-order valence-corrected chi connectivity index (χ2v) is 40.2. The molecular formula is C69H100O9Si3. The van der Waals surface area contributed by atoms with Crippen LogP contribution in [0.25, 0.3) is 0 Å². The van der Waals surface area contributed by atoms with Gasteiger partial charge in [0.15, 0.2) is 8.32 Å². The summed E-state index contributed by atoms with van der Waals surface area (Å²) in [6, 6.07) is 46.6. The van der Waals surface area contributed by atoms with Crippen molar-refractivity contribution >= 4 is 57.6 Å². The van der Waals surface area contributed by atoms with Crippen molar-refractivity contribution in [2.24, 2.45) is 35.5 Å². The molecule has 0 N–H and O–H groups in total. The van der Waals surface area contributed by atoms with Gasteiger partial charge in [-0.1, -0.05) is 224 Å². The van der Waals surface area contributed by atoms with Gasteiger partial charge >= 0.3 is 11.9 Å². The average Bonchev–Trinajstić information content (AvgIpc) is 4.45. The molecule has 0 bridgehead atoms. The van der Waals surface area contributed by atoms with Crippen molar-refractivity contribution in [3.8, 4) is 0 Å². The lowest BCUT2D eigenvalue weighted by atomic mass is 9.86. The molecule has 4 aliphatic rings. The Bertz CT molecular complexity index is 2530. The first-order chi connectivity index (χ1) is 38.6. The largest absolute Gasteiger partial charge is 0.462 e. The second-order valence-electron chi connectivity index (χ2n) is 27.0. The predicted octanol–water partition coefficient (Wildman–Crippen LogP) is 13.4. The molecule has 2 saturated carbocycles. The minimum Gasteiger partial charge on any atom is -0.462 e. The van der Waals surface area contributed by atoms with E-state index in [0.717, 1.165) is 37.4 Å². The van der Waals surface area contributed by atoms with E-state index in [1.165, 1.54) is 27.2 Å². The van der Waals surface area contributed by atoms with E-state index >= 15 is 4.79 Å². The van der Waals surface area contributed by atoms with Gasteiger partial charge < -0.3 is 32.2 Å². The summed E-state index contributed by atoms with van der Waals surface area (Å²) in [6.07, 6.45) is 4.29. The maximum atomic E-state index is 15.1. The van der Waals surface area contributed by atoms with Crippen LogP contribution in [0.1, 0.15) is 141 Å². The smallest absolute Gasteiger partial charge is 0.308 e. The van der Waals surface area contributed by atoms with E-state index in [9.17, 15) is 4.79 Å². The molecule has 0 aromatic heterocycles. The minimum atomic E-state index is -3.03. The highest BCUT2D eigenvalue weighted by molar-refractivity contribution is 7.00. The Labute approximate surface area is 491 Å². The van der Waals surface area contributed by atoms with Crippen LogP contribution < -0.4 is 20.7 Å². The van der Waals surface area contributed by atoms with E-state index in [1.54, 1.807) is 6.08 Å². The lowest BCUT2D eigenvalue weighted by Crippen LogP contribution is -2.69. The van der Waals surface area contributed by atoms with Gasteiger partial charge in [-0.25, -0.2) is 0 Å². The highest BCUT2D eigenvalue weighted by Gasteiger charge is 2.57. The first-order valence-corrected chi connectivity index (χ1v) is 37.5. The van der Waals surface area contributed by atoms with Crippen molar-refractivity contribution < 1.29 is 41.8 Å². The minimum absolute atomic E-state index is 0.0790. The summed E-state index contributed by atoms with van der Waals surface area (Å²) in [5.74, 6) is 0.841. The molecule has 442 valence electrons. The van der Waals surface area contributed by atoms with Gasteiger partial charge in [-0.05, 0) is 105 Å². The van der Waals surface area contributed by atoms with Gasteiger partial charge in [0.2, 0.25) is 0 Å². The van der Waals surface area contributed by atoms with Crippen LogP contribution in [0.3, 0.4) is 0 Å². The summed E-state index contributed by atoms with van der Waals surface area (Å²) < 4.78 is 50.3. The van der Waals surface area contributed by atoms with E-state index in [2.05, 4.69) is 218 Å². The Morgan fingerprint density at radius 1 is 0.556 bits per heavy atom. The molecule has 2 heterocycles. The van der Waals surface area contributed by atoms with Crippen molar-refractivity contribution in [3.63, 3.8) is 0 Å². The Hall–Kier alpha value is -3.99. The van der Waals surface area contributed by atoms with Crippen molar-refractivity contribution in [3.05, 3.63) is 134 Å². The summed E-state index contributed by atoms with van der Waals surface area (Å²) >= 11 is 0. The van der Waals surface area contributed by atoms with E-state index in [-0.39, 0.29) is 89.7 Å². The monoisotopic (exact) mass is 1160 g/mol. The topological polar surface area (TPSA) is 98.8 Å². The molecule has 2 aliphatic carbocycles. The third kappa shape index (κ3) is 14.4. The molecular weight excluding hydrogens is 1060 g/mol. The molecule has 0 amide bonds. The van der Waals surface area contributed by atoms with Crippen molar-refractivity contribution in [1.29, 1.82) is 0 Å². The third-order valence-electron chi connectivity index (χ3n) is 19.6. The highest BCUT2D eigenvalue weighted by atomic mass is 28.4. The SMILES string of the molecule is C=CCOC(=O)C[C@@H]1O[C@H](C[C@H](OC(=O)C[C@@H]2OC(C[C@H](O[Si](CC)(CC)CC)[C@H]3C[C@@H]3C)C[C@H](O[Si](c3ccccc3)(c3ccccc3)C(C)(C)C)[C@H]2C)[C@H]2C[C@@H]2C)C[C@H](O[Si](c2ccccc2)(c2ccccc2)C(C)(C)C)[C@H]1C. The summed E-state index contributed by atoms with van der Waals surface area (Å²) in [4.78, 5) is 28.6. The van der Waals surface area contributed by atoms with E-state index in [4.69, 9.17) is 32.2 Å². The van der Waals surface area contributed by atoms with Crippen LogP contribution >= 0.6 is 0 Å². The number of rotatable bonds is 26. The fourth-order valence-corrected chi connectivity index (χ4v) is 26.6. The van der Waals surface area contributed by atoms with Gasteiger partial charge in [-0.15, -0.1) is 0 Å². The Morgan fingerprint density at radius 3 is 1.23 bits per heavy atom. The Balaban J connectivity index is 1.10. The van der Waals surface area contributed by atoms with Crippen LogP contribution in [0.2, 0.25) is 28.2 Å². The number of ether oxygens (including phenoxy) is 4. The van der Waals surface area contributed by atoms with Crippen molar-refractivity contribution in [2.45, 2.75) is 218 Å². The molecule has 1 unspecified atom stereocenters. The van der Waals surface area contributed by atoms with Gasteiger partial charge in [0, 0.05) is 18.3 Å². The standard InChI is InChI=1S/C69H100O9Si3/c1-15-39-72-66(70)46-60-50(7)62(77-80(68(9,10)11,54-31-23-19-24-32-54)55-33-25-20-26-34-55)42-52(73-60)44-64(58-40-48(58)5)75-67(71)47-61-51(8)63(43-53(74-61)45-65(59-41-49(59)6)76-79(16-2,17-3)18-4)78-81(69(12,13)14,56-35-27-21-28-36-56)57-37-29-22-30-38-57/h15,19-38,48-53,58-65H,1,16-18,39-47H2,2-14H3/t48-,49-,50-,51-,52-,53?,58-,59-,60-,61-,62-,63-,64-,65-/m0/s1. The van der Waals surface area contributed by atoms with Crippen LogP contribution in [0.4, 0.5) is 0 Å². The maximum absolute atomic E-state index is 15.1. The van der Waals surface area contributed by atoms with Crippen LogP contribution in [-0.4, -0.2) is 92.3 Å². The van der Waals surface area contributed by atoms with E-state index in [0.29, 0.717) is 30.6 Å². The molecule has 0 radical (unpaired) electrons. The fraction of sp³-hybridized carbons (Fsp3) is 0.594. The molecule has 12 heteroatoms. The van der Waals surface area contributed by atoms with Gasteiger partial charge in [-0.2, -0.15) is 0 Å². The third-order valence-corrected chi connectivity index (χ3v) is 34.4. The molecule has 0 spiro atoms. The van der Waals surface area contributed by atoms with E-state index in [1.807, 2.05) is 0 Å². The number of carbonyl (C=O) groups is 2. The van der Waals surface area contributed by atoms with E-state index < -0.39 is 43.3 Å². The average molecular weight is 1160 g/mol. The van der Waals surface area contributed by atoms with Gasteiger partial charge in [-0.3, -0.25) is 9.59 Å². The summed E-state index contributed by atoms with van der Waals surface area (Å²) in [5.41, 5.74) is 0. The first-order valence-electron chi connectivity index (χ1n) is 31.1. The fourth-order valence-electron chi connectivity index (χ4n) is 14.2. The number of hydrogen-bond donors (Lipinski definition) is 0. The lowest BCUT2D eigenvalue weighted by Gasteiger charge is -2.50. The van der Waals surface area contributed by atoms with Crippen LogP contribution in [-0.2, 0) is 41.8 Å². The molecule has 14 atom stereocenters. The zero-order valence-corrected chi connectivity index (χ0v) is 54.6. The molecule has 9 nitrogen and oxygen atoms in total. The Morgan fingerprint density at radius 2 is 0.901 bits per heavy atom. The summed E-state index contributed by atoms with van der Waals surface area (Å²) in [7, 11) is -8.00. The molecule has 4 fully saturated rings. The zero-order valence-electron chi connectivity index (χ0n) is 51.6. The highest BCUT2D eigenvalue weighted by Crippen LogP contribution is 2.49. The Kier molecular flexibility index (Phi) is 21.0. The predicted molar refractivity (Wildman–Crippen MR) is 336 cm³/mol. The quantitative estimate of drug-likeness (QED) is 0.0346.